The summed E-state index contributed by atoms with van der Waals surface area (Å²) in [6.45, 7) is 17.4. The first-order valence-corrected chi connectivity index (χ1v) is 10.4. The van der Waals surface area contributed by atoms with Crippen molar-refractivity contribution in [2.45, 2.75) is 73.8 Å². The molecule has 2 N–H and O–H groups in total. The highest BCUT2D eigenvalue weighted by molar-refractivity contribution is 5.18. The van der Waals surface area contributed by atoms with Gasteiger partial charge < -0.3 is 10.2 Å². The zero-order chi connectivity index (χ0) is 22.4. The number of allylic oxidation sites excluding steroid dienone is 7. The number of rotatable bonds is 6. The molecule has 0 spiro atoms. The zero-order valence-corrected chi connectivity index (χ0v) is 19.0. The van der Waals surface area contributed by atoms with E-state index in [0.717, 1.165) is 6.42 Å². The summed E-state index contributed by atoms with van der Waals surface area (Å²) in [5, 5.41) is 18.2. The lowest BCUT2D eigenvalue weighted by Crippen LogP contribution is -2.07. The molecule has 0 aromatic rings. The number of hydrogen-bond donors (Lipinski definition) is 2. The van der Waals surface area contributed by atoms with Gasteiger partial charge in [0.1, 0.15) is 12.1 Å². The van der Waals surface area contributed by atoms with Crippen molar-refractivity contribution in [2.75, 3.05) is 0 Å². The second-order valence-electron chi connectivity index (χ2n) is 5.91. The molecule has 1 aliphatic rings. The van der Waals surface area contributed by atoms with Crippen LogP contribution in [0.15, 0.2) is 72.8 Å². The Hall–Kier alpha value is -1.87. The number of aliphatic hydroxyl groups excluding tert-OH is 2. The molecule has 28 heavy (non-hydrogen) atoms. The molecule has 0 radical (unpaired) electrons. The van der Waals surface area contributed by atoms with Crippen LogP contribution in [0.5, 0.6) is 0 Å². The van der Waals surface area contributed by atoms with Crippen molar-refractivity contribution in [2.24, 2.45) is 11.8 Å². The first-order valence-electron chi connectivity index (χ1n) is 10.4. The average Bonchev–Trinajstić information content (AvgIpc) is 2.92. The molecule has 0 amide bonds. The van der Waals surface area contributed by atoms with Crippen LogP contribution < -0.4 is 0 Å². The fourth-order valence-corrected chi connectivity index (χ4v) is 2.26. The molecule has 0 bridgehead atoms. The summed E-state index contributed by atoms with van der Waals surface area (Å²) in [6, 6.07) is 0. The van der Waals surface area contributed by atoms with E-state index in [1.807, 2.05) is 47.6 Å². The van der Waals surface area contributed by atoms with Gasteiger partial charge in [-0.25, -0.2) is 4.39 Å². The van der Waals surface area contributed by atoms with Gasteiger partial charge in [-0.15, -0.1) is 6.58 Å². The third-order valence-corrected chi connectivity index (χ3v) is 3.71. The summed E-state index contributed by atoms with van der Waals surface area (Å²) in [6.07, 6.45) is 18.1. The van der Waals surface area contributed by atoms with Gasteiger partial charge in [0, 0.05) is 0 Å². The van der Waals surface area contributed by atoms with Crippen molar-refractivity contribution < 1.29 is 14.6 Å². The van der Waals surface area contributed by atoms with E-state index in [1.54, 1.807) is 18.2 Å². The minimum Gasteiger partial charge on any atom is -0.509 e. The Morgan fingerprint density at radius 3 is 2.36 bits per heavy atom. The van der Waals surface area contributed by atoms with Crippen LogP contribution in [0.4, 0.5) is 4.39 Å². The van der Waals surface area contributed by atoms with Crippen LogP contribution >= 0.6 is 0 Å². The highest BCUT2D eigenvalue weighted by Crippen LogP contribution is 2.23. The first-order chi connectivity index (χ1) is 13.5. The van der Waals surface area contributed by atoms with Gasteiger partial charge in [-0.05, 0) is 39.0 Å². The van der Waals surface area contributed by atoms with Gasteiger partial charge in [0.25, 0.3) is 0 Å². The molecule has 0 saturated carbocycles. The largest absolute Gasteiger partial charge is 0.509 e. The maximum atomic E-state index is 11.8. The fourth-order valence-electron chi connectivity index (χ4n) is 2.26. The van der Waals surface area contributed by atoms with E-state index < -0.39 is 5.92 Å². The molecule has 2 unspecified atom stereocenters. The molecule has 3 heteroatoms. The van der Waals surface area contributed by atoms with Crippen molar-refractivity contribution >= 4 is 0 Å². The Balaban J connectivity index is -0.000000379. The van der Waals surface area contributed by atoms with Crippen LogP contribution in [0.3, 0.4) is 0 Å². The average molecular weight is 395 g/mol. The van der Waals surface area contributed by atoms with Gasteiger partial charge in [0.2, 0.25) is 0 Å². The number of halogens is 1. The molecular weight excluding hydrogens is 351 g/mol. The lowest BCUT2D eigenvalue weighted by molar-refractivity contribution is 0.191. The highest BCUT2D eigenvalue weighted by atomic mass is 19.1. The lowest BCUT2D eigenvalue weighted by Gasteiger charge is -2.15. The quantitative estimate of drug-likeness (QED) is 0.272. The molecule has 0 fully saturated rings. The molecular formula is C25H43FO2. The molecule has 162 valence electrons. The topological polar surface area (TPSA) is 40.5 Å². The first kappa shape index (κ1) is 30.8. The summed E-state index contributed by atoms with van der Waals surface area (Å²) in [7, 11) is 0. The normalized spacial score (nSPS) is 18.4. The van der Waals surface area contributed by atoms with Crippen molar-refractivity contribution in [3.8, 4) is 0 Å². The Labute approximate surface area is 173 Å². The van der Waals surface area contributed by atoms with Crippen LogP contribution in [0.1, 0.15) is 67.7 Å². The second kappa shape index (κ2) is 23.2. The molecule has 0 aromatic heterocycles. The molecule has 1 aliphatic carbocycles. The van der Waals surface area contributed by atoms with Crippen LogP contribution in [-0.2, 0) is 0 Å². The summed E-state index contributed by atoms with van der Waals surface area (Å²) in [5.41, 5.74) is 1.39. The smallest absolute Gasteiger partial charge is 0.131 e. The van der Waals surface area contributed by atoms with Crippen LogP contribution in [0.2, 0.25) is 0 Å². The minimum absolute atomic E-state index is 0.173. The van der Waals surface area contributed by atoms with E-state index in [0.29, 0.717) is 5.92 Å². The standard InChI is InChI=1S/C11H18O.C10H13FO.2C2H6/c1-9-6-4-3-5-7-11(9)8-10(2)12;1-3-5-6-7-9(4-2)10(12)8-11;2*1-2/h3,5,7,9-10,12H,4,6,8H2,1-2H3;3-9,12H,2H2,1H3;2*1-2H3/b;5-3-,7-6?,10-8-;;/t9?,10-;;;/m0.../s1. The Morgan fingerprint density at radius 2 is 1.89 bits per heavy atom. The summed E-state index contributed by atoms with van der Waals surface area (Å²) in [4.78, 5) is 0. The Kier molecular flexibility index (Phi) is 25.5. The summed E-state index contributed by atoms with van der Waals surface area (Å²) < 4.78 is 11.8. The molecule has 0 aliphatic heterocycles. The third kappa shape index (κ3) is 17.5. The van der Waals surface area contributed by atoms with Crippen molar-refractivity contribution in [3.63, 3.8) is 0 Å². The molecule has 2 nitrogen and oxygen atoms in total. The number of hydrogen-bond acceptors (Lipinski definition) is 2. The van der Waals surface area contributed by atoms with E-state index in [-0.39, 0.29) is 18.2 Å². The predicted octanol–water partition coefficient (Wildman–Crippen LogP) is 8.01. The van der Waals surface area contributed by atoms with E-state index in [1.165, 1.54) is 24.5 Å². The maximum absolute atomic E-state index is 11.8. The van der Waals surface area contributed by atoms with Gasteiger partial charge in [0.05, 0.1) is 12.0 Å². The van der Waals surface area contributed by atoms with E-state index >= 15 is 0 Å². The van der Waals surface area contributed by atoms with E-state index in [2.05, 4.69) is 31.7 Å². The van der Waals surface area contributed by atoms with Crippen LogP contribution in [0.25, 0.3) is 0 Å². The monoisotopic (exact) mass is 394 g/mol. The molecule has 0 saturated heterocycles. The predicted molar refractivity (Wildman–Crippen MR) is 124 cm³/mol. The van der Waals surface area contributed by atoms with E-state index in [9.17, 15) is 9.50 Å². The summed E-state index contributed by atoms with van der Waals surface area (Å²) in [5.74, 6) is -0.133. The third-order valence-electron chi connectivity index (χ3n) is 3.71. The summed E-state index contributed by atoms with van der Waals surface area (Å²) >= 11 is 0. The van der Waals surface area contributed by atoms with Gasteiger partial charge in [0.15, 0.2) is 0 Å². The van der Waals surface area contributed by atoms with Gasteiger partial charge in [-0.3, -0.25) is 0 Å². The van der Waals surface area contributed by atoms with Crippen molar-refractivity contribution in [3.05, 3.63) is 72.8 Å². The second-order valence-corrected chi connectivity index (χ2v) is 5.91. The molecule has 3 atom stereocenters. The maximum Gasteiger partial charge on any atom is 0.131 e. The van der Waals surface area contributed by atoms with E-state index in [4.69, 9.17) is 5.11 Å². The fraction of sp³-hybridized carbons (Fsp3) is 0.520. The van der Waals surface area contributed by atoms with Gasteiger partial charge in [-0.2, -0.15) is 0 Å². The van der Waals surface area contributed by atoms with Crippen molar-refractivity contribution in [1.82, 2.24) is 0 Å². The highest BCUT2D eigenvalue weighted by Gasteiger charge is 2.11. The molecule has 0 aromatic carbocycles. The van der Waals surface area contributed by atoms with Crippen LogP contribution in [0, 0.1) is 11.8 Å². The Bertz CT molecular complexity index is 497. The van der Waals surface area contributed by atoms with Crippen molar-refractivity contribution in [1.29, 1.82) is 0 Å². The number of aliphatic hydroxyl groups is 2. The lowest BCUT2D eigenvalue weighted by atomic mass is 9.93. The molecule has 0 heterocycles. The Morgan fingerprint density at radius 1 is 1.29 bits per heavy atom. The van der Waals surface area contributed by atoms with Gasteiger partial charge in [-0.1, -0.05) is 88.8 Å². The minimum atomic E-state index is -0.439. The van der Waals surface area contributed by atoms with Crippen LogP contribution in [-0.4, -0.2) is 16.3 Å². The molecule has 1 rings (SSSR count). The zero-order valence-electron chi connectivity index (χ0n) is 19.0. The SMILES string of the molecule is C=CC(C=C/C=C\C)/C(O)=C/F.CC.CC.CC1CCC=CC=C1C[C@H](C)O. The van der Waals surface area contributed by atoms with Gasteiger partial charge >= 0.3 is 0 Å².